The second-order valence-electron chi connectivity index (χ2n) is 6.71. The third-order valence-electron chi connectivity index (χ3n) is 5.11. The Labute approximate surface area is 121 Å². The third-order valence-corrected chi connectivity index (χ3v) is 5.11. The van der Waals surface area contributed by atoms with E-state index in [9.17, 15) is 0 Å². The van der Waals surface area contributed by atoms with Crippen molar-refractivity contribution in [3.05, 3.63) is 41.6 Å². The Morgan fingerprint density at radius 3 is 2.70 bits per heavy atom. The summed E-state index contributed by atoms with van der Waals surface area (Å²) in [4.78, 5) is 4.57. The van der Waals surface area contributed by atoms with Gasteiger partial charge in [0.25, 0.3) is 0 Å². The summed E-state index contributed by atoms with van der Waals surface area (Å²) in [5.41, 5.74) is 9.97. The Balaban J connectivity index is 1.99. The van der Waals surface area contributed by atoms with Crippen LogP contribution >= 0.6 is 0 Å². The third kappa shape index (κ3) is 2.33. The zero-order valence-electron chi connectivity index (χ0n) is 12.7. The second kappa shape index (κ2) is 4.85. The predicted molar refractivity (Wildman–Crippen MR) is 84.5 cm³/mol. The summed E-state index contributed by atoms with van der Waals surface area (Å²) in [6.07, 6.45) is 3.39. The molecule has 2 heteroatoms. The highest BCUT2D eigenvalue weighted by atomic mass is 14.8. The average Bonchev–Trinajstić information content (AvgIpc) is 2.43. The van der Waals surface area contributed by atoms with Gasteiger partial charge in [0, 0.05) is 16.6 Å². The van der Waals surface area contributed by atoms with E-state index in [1.165, 1.54) is 17.4 Å². The SMILES string of the molecule is Cc1ccc2cc(C3(N)CCC(C)C(C)C3)ccc2n1. The molecule has 1 heterocycles. The van der Waals surface area contributed by atoms with Crippen molar-refractivity contribution in [2.75, 3.05) is 0 Å². The highest BCUT2D eigenvalue weighted by Crippen LogP contribution is 2.41. The molecule has 0 aliphatic heterocycles. The van der Waals surface area contributed by atoms with Crippen LogP contribution in [0.5, 0.6) is 0 Å². The Morgan fingerprint density at radius 2 is 1.95 bits per heavy atom. The van der Waals surface area contributed by atoms with Crippen LogP contribution in [0.4, 0.5) is 0 Å². The summed E-state index contributed by atoms with van der Waals surface area (Å²) in [7, 11) is 0. The molecule has 3 unspecified atom stereocenters. The molecule has 20 heavy (non-hydrogen) atoms. The van der Waals surface area contributed by atoms with E-state index in [4.69, 9.17) is 5.73 Å². The van der Waals surface area contributed by atoms with Crippen molar-refractivity contribution in [3.8, 4) is 0 Å². The molecule has 0 radical (unpaired) electrons. The molecular formula is C18H24N2. The second-order valence-corrected chi connectivity index (χ2v) is 6.71. The summed E-state index contributed by atoms with van der Waals surface area (Å²) in [5, 5.41) is 1.20. The zero-order chi connectivity index (χ0) is 14.3. The molecule has 2 nitrogen and oxygen atoms in total. The molecule has 0 spiro atoms. The van der Waals surface area contributed by atoms with E-state index in [1.54, 1.807) is 0 Å². The van der Waals surface area contributed by atoms with Crippen LogP contribution < -0.4 is 5.73 Å². The lowest BCUT2D eigenvalue weighted by atomic mass is 9.69. The Morgan fingerprint density at radius 1 is 1.15 bits per heavy atom. The topological polar surface area (TPSA) is 38.9 Å². The lowest BCUT2D eigenvalue weighted by Crippen LogP contribution is -2.43. The van der Waals surface area contributed by atoms with Crippen LogP contribution in [0.3, 0.4) is 0 Å². The molecule has 1 fully saturated rings. The number of rotatable bonds is 1. The van der Waals surface area contributed by atoms with Crippen LogP contribution in [0.15, 0.2) is 30.3 Å². The number of aromatic nitrogens is 1. The summed E-state index contributed by atoms with van der Waals surface area (Å²) >= 11 is 0. The van der Waals surface area contributed by atoms with Gasteiger partial charge in [0.2, 0.25) is 0 Å². The fraction of sp³-hybridized carbons (Fsp3) is 0.500. The largest absolute Gasteiger partial charge is 0.321 e. The first-order valence-corrected chi connectivity index (χ1v) is 7.65. The smallest absolute Gasteiger partial charge is 0.0705 e. The van der Waals surface area contributed by atoms with Gasteiger partial charge in [0.15, 0.2) is 0 Å². The minimum atomic E-state index is -0.162. The molecule has 1 saturated carbocycles. The minimum Gasteiger partial charge on any atom is -0.321 e. The number of pyridine rings is 1. The molecule has 0 saturated heterocycles. The normalized spacial score (nSPS) is 30.6. The van der Waals surface area contributed by atoms with Crippen LogP contribution in [0.2, 0.25) is 0 Å². The lowest BCUT2D eigenvalue weighted by Gasteiger charge is -2.40. The van der Waals surface area contributed by atoms with Gasteiger partial charge in [0.1, 0.15) is 0 Å². The Kier molecular flexibility index (Phi) is 3.29. The standard InChI is InChI=1S/C18H24N2/c1-12-8-9-18(19,11-13(12)2)16-6-7-17-15(10-16)5-4-14(3)20-17/h4-7,10,12-13H,8-9,11,19H2,1-3H3. The number of benzene rings is 1. The summed E-state index contributed by atoms with van der Waals surface area (Å²) in [5.74, 6) is 1.48. The molecule has 106 valence electrons. The van der Waals surface area contributed by atoms with Crippen molar-refractivity contribution in [1.29, 1.82) is 0 Å². The first-order chi connectivity index (χ1) is 9.48. The van der Waals surface area contributed by atoms with Gasteiger partial charge in [-0.2, -0.15) is 0 Å². The van der Waals surface area contributed by atoms with Gasteiger partial charge in [0.05, 0.1) is 5.52 Å². The van der Waals surface area contributed by atoms with E-state index in [0.717, 1.165) is 30.0 Å². The lowest BCUT2D eigenvalue weighted by molar-refractivity contribution is 0.177. The maximum absolute atomic E-state index is 6.73. The van der Waals surface area contributed by atoms with E-state index in [1.807, 2.05) is 6.92 Å². The van der Waals surface area contributed by atoms with E-state index in [2.05, 4.69) is 49.2 Å². The van der Waals surface area contributed by atoms with Gasteiger partial charge in [-0.05, 0) is 61.8 Å². The quantitative estimate of drug-likeness (QED) is 0.843. The van der Waals surface area contributed by atoms with Gasteiger partial charge >= 0.3 is 0 Å². The molecule has 1 aliphatic rings. The Bertz CT molecular complexity index is 634. The Hall–Kier alpha value is -1.41. The van der Waals surface area contributed by atoms with E-state index in [0.29, 0.717) is 5.92 Å². The van der Waals surface area contributed by atoms with Crippen LogP contribution in [0.25, 0.3) is 10.9 Å². The summed E-state index contributed by atoms with van der Waals surface area (Å²) < 4.78 is 0. The van der Waals surface area contributed by atoms with Crippen molar-refractivity contribution >= 4 is 10.9 Å². The van der Waals surface area contributed by atoms with Gasteiger partial charge in [-0.15, -0.1) is 0 Å². The van der Waals surface area contributed by atoms with Gasteiger partial charge in [-0.3, -0.25) is 4.98 Å². The molecule has 1 aromatic heterocycles. The highest BCUT2D eigenvalue weighted by molar-refractivity contribution is 5.79. The van der Waals surface area contributed by atoms with Gasteiger partial charge in [-0.25, -0.2) is 0 Å². The fourth-order valence-electron chi connectivity index (χ4n) is 3.45. The number of fused-ring (bicyclic) bond motifs is 1. The van der Waals surface area contributed by atoms with Crippen LogP contribution in [-0.2, 0) is 5.54 Å². The molecule has 3 rings (SSSR count). The molecule has 2 aromatic rings. The minimum absolute atomic E-state index is 0.162. The molecule has 2 N–H and O–H groups in total. The number of nitrogens with two attached hydrogens (primary N) is 1. The van der Waals surface area contributed by atoms with Crippen molar-refractivity contribution < 1.29 is 0 Å². The van der Waals surface area contributed by atoms with Gasteiger partial charge in [-0.1, -0.05) is 26.0 Å². The van der Waals surface area contributed by atoms with Gasteiger partial charge < -0.3 is 5.73 Å². The molecule has 3 atom stereocenters. The number of nitrogens with zero attached hydrogens (tertiary/aromatic N) is 1. The van der Waals surface area contributed by atoms with Crippen molar-refractivity contribution in [1.82, 2.24) is 4.98 Å². The molecular weight excluding hydrogens is 244 g/mol. The van der Waals surface area contributed by atoms with Crippen LogP contribution in [-0.4, -0.2) is 4.98 Å². The number of hydrogen-bond acceptors (Lipinski definition) is 2. The van der Waals surface area contributed by atoms with Crippen molar-refractivity contribution in [3.63, 3.8) is 0 Å². The molecule has 1 aromatic carbocycles. The van der Waals surface area contributed by atoms with E-state index < -0.39 is 0 Å². The fourth-order valence-corrected chi connectivity index (χ4v) is 3.45. The molecule has 1 aliphatic carbocycles. The van der Waals surface area contributed by atoms with Crippen molar-refractivity contribution in [2.45, 2.75) is 45.6 Å². The van der Waals surface area contributed by atoms with Crippen LogP contribution in [0, 0.1) is 18.8 Å². The summed E-state index contributed by atoms with van der Waals surface area (Å²) in [6.45, 7) is 6.71. The van der Waals surface area contributed by atoms with E-state index in [-0.39, 0.29) is 5.54 Å². The zero-order valence-corrected chi connectivity index (χ0v) is 12.7. The summed E-state index contributed by atoms with van der Waals surface area (Å²) in [6, 6.07) is 10.8. The highest BCUT2D eigenvalue weighted by Gasteiger charge is 2.35. The first kappa shape index (κ1) is 13.6. The maximum Gasteiger partial charge on any atom is 0.0705 e. The average molecular weight is 268 g/mol. The van der Waals surface area contributed by atoms with Crippen molar-refractivity contribution in [2.24, 2.45) is 17.6 Å². The monoisotopic (exact) mass is 268 g/mol. The van der Waals surface area contributed by atoms with Crippen LogP contribution in [0.1, 0.15) is 44.4 Å². The number of aryl methyl sites for hydroxylation is 1. The molecule has 0 amide bonds. The molecule has 0 bridgehead atoms. The number of hydrogen-bond donors (Lipinski definition) is 1. The van der Waals surface area contributed by atoms with E-state index >= 15 is 0 Å². The first-order valence-electron chi connectivity index (χ1n) is 7.65. The maximum atomic E-state index is 6.73. The predicted octanol–water partition coefficient (Wildman–Crippen LogP) is 4.15.